The van der Waals surface area contributed by atoms with E-state index >= 15 is 0 Å². The number of rotatable bonds is 2. The highest BCUT2D eigenvalue weighted by Gasteiger charge is 2.12. The molecule has 0 bridgehead atoms. The van der Waals surface area contributed by atoms with Gasteiger partial charge in [-0.2, -0.15) is 0 Å². The molecule has 3 rings (SSSR count). The second-order valence-corrected chi connectivity index (χ2v) is 4.34. The minimum Gasteiger partial charge on any atom is -0.289 e. The van der Waals surface area contributed by atoms with Crippen molar-refractivity contribution in [1.82, 2.24) is 0 Å². The first-order chi connectivity index (χ1) is 9.36. The normalized spacial score (nSPS) is 13.4. The van der Waals surface area contributed by atoms with Crippen molar-refractivity contribution in [2.24, 2.45) is 0 Å². The Morgan fingerprint density at radius 1 is 0.947 bits per heavy atom. The predicted molar refractivity (Wildman–Crippen MR) is 78.2 cm³/mol. The first kappa shape index (κ1) is 11.5. The van der Waals surface area contributed by atoms with E-state index in [-0.39, 0.29) is 5.78 Å². The molecule has 1 heteroatoms. The Bertz CT molecular complexity index is 764. The van der Waals surface area contributed by atoms with Gasteiger partial charge in [0, 0.05) is 11.1 Å². The van der Waals surface area contributed by atoms with Crippen LogP contribution in [0.5, 0.6) is 0 Å². The van der Waals surface area contributed by atoms with E-state index in [9.17, 15) is 4.79 Å². The number of benzene rings is 2. The van der Waals surface area contributed by atoms with Crippen molar-refractivity contribution in [3.05, 3.63) is 89.7 Å². The molecule has 2 aromatic rings. The van der Waals surface area contributed by atoms with E-state index < -0.39 is 0 Å². The van der Waals surface area contributed by atoms with Crippen molar-refractivity contribution < 1.29 is 4.79 Å². The van der Waals surface area contributed by atoms with Crippen molar-refractivity contribution in [3.63, 3.8) is 0 Å². The Labute approximate surface area is 111 Å². The zero-order chi connectivity index (χ0) is 13.1. The Morgan fingerprint density at radius 3 is 2.74 bits per heavy atom. The van der Waals surface area contributed by atoms with Crippen LogP contribution in [0.4, 0.5) is 0 Å². The van der Waals surface area contributed by atoms with Gasteiger partial charge in [-0.1, -0.05) is 54.6 Å². The molecule has 1 aliphatic rings. The quantitative estimate of drug-likeness (QED) is 0.570. The van der Waals surface area contributed by atoms with E-state index in [2.05, 4.69) is 5.73 Å². The molecule has 1 nitrogen and oxygen atoms in total. The van der Waals surface area contributed by atoms with Gasteiger partial charge in [0.2, 0.25) is 0 Å². The zero-order valence-electron chi connectivity index (χ0n) is 10.3. The van der Waals surface area contributed by atoms with E-state index in [1.54, 1.807) is 18.2 Å². The maximum Gasteiger partial charge on any atom is 0.193 e. The van der Waals surface area contributed by atoms with Crippen LogP contribution < -0.4 is 0 Å². The topological polar surface area (TPSA) is 17.1 Å². The van der Waals surface area contributed by atoms with Gasteiger partial charge in [0.1, 0.15) is 0 Å². The third kappa shape index (κ3) is 2.20. The standard InChI is InChI=1S/C18H12O/c19-18(15-9-3-1-2-4-10-15)17-13-7-11-14-8-5-6-12-16(14)17/h1,3-13H. The molecule has 0 aliphatic heterocycles. The van der Waals surface area contributed by atoms with Gasteiger partial charge >= 0.3 is 0 Å². The van der Waals surface area contributed by atoms with Gasteiger partial charge in [-0.15, -0.1) is 5.73 Å². The average molecular weight is 244 g/mol. The van der Waals surface area contributed by atoms with Gasteiger partial charge in [-0.3, -0.25) is 4.79 Å². The van der Waals surface area contributed by atoms with Crippen LogP contribution in [0.25, 0.3) is 10.8 Å². The van der Waals surface area contributed by atoms with Crippen molar-refractivity contribution >= 4 is 16.6 Å². The van der Waals surface area contributed by atoms with Gasteiger partial charge in [-0.05, 0) is 29.0 Å². The minimum absolute atomic E-state index is 0.0430. The molecular formula is C18H12O. The maximum absolute atomic E-state index is 12.6. The molecule has 1 aliphatic carbocycles. The summed E-state index contributed by atoms with van der Waals surface area (Å²) in [4.78, 5) is 12.6. The summed E-state index contributed by atoms with van der Waals surface area (Å²) in [6, 6.07) is 13.8. The van der Waals surface area contributed by atoms with E-state index in [1.807, 2.05) is 54.6 Å². The second-order valence-electron chi connectivity index (χ2n) is 4.34. The fourth-order valence-corrected chi connectivity index (χ4v) is 2.19. The summed E-state index contributed by atoms with van der Waals surface area (Å²) in [5.74, 6) is 0.0430. The molecule has 2 aromatic carbocycles. The number of hydrogen-bond donors (Lipinski definition) is 0. The summed E-state index contributed by atoms with van der Waals surface area (Å²) < 4.78 is 0. The summed E-state index contributed by atoms with van der Waals surface area (Å²) in [6.07, 6.45) is 9.00. The van der Waals surface area contributed by atoms with E-state index in [0.29, 0.717) is 5.57 Å². The van der Waals surface area contributed by atoms with Crippen molar-refractivity contribution in [3.8, 4) is 0 Å². The molecule has 0 saturated heterocycles. The van der Waals surface area contributed by atoms with Gasteiger partial charge in [0.05, 0.1) is 0 Å². The van der Waals surface area contributed by atoms with Gasteiger partial charge in [-0.25, -0.2) is 0 Å². The summed E-state index contributed by atoms with van der Waals surface area (Å²) >= 11 is 0. The zero-order valence-corrected chi connectivity index (χ0v) is 10.3. The van der Waals surface area contributed by atoms with E-state index in [4.69, 9.17) is 0 Å². The number of allylic oxidation sites excluding steroid dienone is 5. The molecule has 0 saturated carbocycles. The van der Waals surface area contributed by atoms with E-state index in [1.165, 1.54) is 0 Å². The summed E-state index contributed by atoms with van der Waals surface area (Å²) in [7, 11) is 0. The van der Waals surface area contributed by atoms with Crippen molar-refractivity contribution in [2.75, 3.05) is 0 Å². The van der Waals surface area contributed by atoms with E-state index in [0.717, 1.165) is 16.3 Å². The second kappa shape index (κ2) is 4.93. The number of Topliss-reactive ketones (excluding diaryl/α,β-unsaturated/α-hetero) is 1. The fourth-order valence-electron chi connectivity index (χ4n) is 2.19. The number of fused-ring (bicyclic) bond motifs is 1. The summed E-state index contributed by atoms with van der Waals surface area (Å²) in [5.41, 5.74) is 4.37. The average Bonchev–Trinajstić information content (AvgIpc) is 2.75. The highest BCUT2D eigenvalue weighted by molar-refractivity contribution is 6.17. The molecule has 0 atom stereocenters. The Balaban J connectivity index is 2.12. The summed E-state index contributed by atoms with van der Waals surface area (Å²) in [6.45, 7) is 0. The highest BCUT2D eigenvalue weighted by atomic mass is 16.1. The molecule has 0 N–H and O–H groups in total. The van der Waals surface area contributed by atoms with Gasteiger partial charge in [0.15, 0.2) is 5.78 Å². The third-order valence-corrected chi connectivity index (χ3v) is 3.12. The number of carbonyl (C=O) groups is 1. The molecule has 0 radical (unpaired) electrons. The lowest BCUT2D eigenvalue weighted by Gasteiger charge is -2.06. The lowest BCUT2D eigenvalue weighted by Crippen LogP contribution is -2.02. The van der Waals surface area contributed by atoms with Crippen LogP contribution in [-0.4, -0.2) is 5.78 Å². The first-order valence-electron chi connectivity index (χ1n) is 6.18. The lowest BCUT2D eigenvalue weighted by atomic mass is 9.97. The molecule has 19 heavy (non-hydrogen) atoms. The van der Waals surface area contributed by atoms with Gasteiger partial charge in [0.25, 0.3) is 0 Å². The molecule has 0 heterocycles. The van der Waals surface area contributed by atoms with Crippen LogP contribution >= 0.6 is 0 Å². The highest BCUT2D eigenvalue weighted by Crippen LogP contribution is 2.22. The number of carbonyl (C=O) groups excluding carboxylic acids is 1. The molecular weight excluding hydrogens is 232 g/mol. The monoisotopic (exact) mass is 244 g/mol. The minimum atomic E-state index is 0.0430. The SMILES string of the molecule is O=C(C1=CC=C=CC=C1)c1cccc2ccccc12. The lowest BCUT2D eigenvalue weighted by molar-refractivity contribution is 0.103. The first-order valence-corrected chi connectivity index (χ1v) is 6.18. The largest absolute Gasteiger partial charge is 0.289 e. The number of hydrogen-bond acceptors (Lipinski definition) is 1. The van der Waals surface area contributed by atoms with Crippen LogP contribution in [0.2, 0.25) is 0 Å². The predicted octanol–water partition coefficient (Wildman–Crippen LogP) is 4.23. The maximum atomic E-state index is 12.6. The van der Waals surface area contributed by atoms with Crippen LogP contribution in [-0.2, 0) is 0 Å². The Kier molecular flexibility index (Phi) is 2.97. The van der Waals surface area contributed by atoms with Crippen LogP contribution in [0.3, 0.4) is 0 Å². The summed E-state index contributed by atoms with van der Waals surface area (Å²) in [5, 5.41) is 2.07. The molecule has 0 amide bonds. The Morgan fingerprint density at radius 2 is 1.79 bits per heavy atom. The third-order valence-electron chi connectivity index (χ3n) is 3.12. The molecule has 0 spiro atoms. The smallest absolute Gasteiger partial charge is 0.193 e. The van der Waals surface area contributed by atoms with Gasteiger partial charge < -0.3 is 0 Å². The molecule has 0 unspecified atom stereocenters. The Hall–Kier alpha value is -2.63. The number of ketones is 1. The van der Waals surface area contributed by atoms with Crippen LogP contribution in [0.15, 0.2) is 84.1 Å². The van der Waals surface area contributed by atoms with Crippen LogP contribution in [0.1, 0.15) is 10.4 Å². The van der Waals surface area contributed by atoms with Crippen molar-refractivity contribution in [1.29, 1.82) is 0 Å². The fraction of sp³-hybridized carbons (Fsp3) is 0. The molecule has 0 aromatic heterocycles. The van der Waals surface area contributed by atoms with Crippen LogP contribution in [0, 0.1) is 0 Å². The van der Waals surface area contributed by atoms with Crippen molar-refractivity contribution in [2.45, 2.75) is 0 Å². The molecule has 0 fully saturated rings. The molecule has 90 valence electrons.